The predicted octanol–water partition coefficient (Wildman–Crippen LogP) is 12.6. The summed E-state index contributed by atoms with van der Waals surface area (Å²) in [6, 6.07) is 44.5. The molecule has 3 aromatic heterocycles. The van der Waals surface area contributed by atoms with Crippen LogP contribution in [0.4, 0.5) is 0 Å². The first-order valence-corrected chi connectivity index (χ1v) is 24.7. The Morgan fingerprint density at radius 3 is 1.11 bits per heavy atom. The summed E-state index contributed by atoms with van der Waals surface area (Å²) >= 11 is 1.27. The topological polar surface area (TPSA) is 184 Å². The van der Waals surface area contributed by atoms with Crippen molar-refractivity contribution in [1.29, 1.82) is 0 Å². The maximum absolute atomic E-state index is 12.3. The number of aliphatic carboxylic acids is 2. The molecule has 12 nitrogen and oxygen atoms in total. The van der Waals surface area contributed by atoms with Crippen LogP contribution in [0.5, 0.6) is 0 Å². The number of rotatable bonds is 14. The first kappa shape index (κ1) is 57.2. The van der Waals surface area contributed by atoms with Crippen molar-refractivity contribution in [2.75, 3.05) is 0 Å². The van der Waals surface area contributed by atoms with Gasteiger partial charge in [-0.2, -0.15) is 0 Å². The number of carbonyl (C=O) groups is 4. The van der Waals surface area contributed by atoms with E-state index in [9.17, 15) is 29.4 Å². The number of hydrogen-bond donors (Lipinski definition) is 4. The Bertz CT molecular complexity index is 2740. The molecule has 0 aliphatic carbocycles. The van der Waals surface area contributed by atoms with Crippen molar-refractivity contribution in [2.24, 2.45) is 0 Å². The van der Waals surface area contributed by atoms with Gasteiger partial charge in [-0.05, 0) is 45.8 Å². The Kier molecular flexibility index (Phi) is 25.6. The van der Waals surface area contributed by atoms with Gasteiger partial charge < -0.3 is 20.8 Å². The second kappa shape index (κ2) is 31.8. The van der Waals surface area contributed by atoms with Gasteiger partial charge in [0.15, 0.2) is 11.6 Å². The third kappa shape index (κ3) is 18.0. The van der Waals surface area contributed by atoms with E-state index in [0.29, 0.717) is 22.1 Å². The molecule has 71 heavy (non-hydrogen) atoms. The van der Waals surface area contributed by atoms with Gasteiger partial charge in [-0.3, -0.25) is 9.59 Å². The van der Waals surface area contributed by atoms with Crippen LogP contribution in [0.3, 0.4) is 0 Å². The number of amides is 2. The highest BCUT2D eigenvalue weighted by Gasteiger charge is 2.23. The first-order valence-electron chi connectivity index (χ1n) is 23.8. The van der Waals surface area contributed by atoms with E-state index in [1.807, 2.05) is 165 Å². The van der Waals surface area contributed by atoms with E-state index in [1.165, 1.54) is 11.3 Å². The van der Waals surface area contributed by atoms with E-state index in [2.05, 4.69) is 30.6 Å². The minimum absolute atomic E-state index is 0.169. The molecular formula is C58H64N6O6S. The molecule has 0 saturated heterocycles. The molecule has 368 valence electrons. The lowest BCUT2D eigenvalue weighted by Crippen LogP contribution is -2.42. The van der Waals surface area contributed by atoms with Crippen molar-refractivity contribution in [3.8, 4) is 45.0 Å². The normalized spacial score (nSPS) is 10.6. The van der Waals surface area contributed by atoms with E-state index in [0.717, 1.165) is 44.5 Å². The standard InChI is InChI=1S/C26H21N3O3.C24H19N3O3S.4C2H6/c30-25(21-9-5-2-6-10-21)29-23(26(31)32)15-18-11-13-20(14-12-18)24-27-16-22(17-28-24)19-7-3-1-4-8-19;28-23(21-7-4-12-31-21)27-20(24(29)30)13-16-8-10-18(11-9-16)22-25-14-19(15-26-22)17-5-2-1-3-6-17;4*1-2/h1-14,16-17,23H,15H2,(H,29,30)(H,31,32);1-12,14-15,20H,13H2,(H,27,28)(H,29,30);4*1-2H3. The van der Waals surface area contributed by atoms with Gasteiger partial charge in [-0.25, -0.2) is 29.5 Å². The van der Waals surface area contributed by atoms with Crippen molar-refractivity contribution in [1.82, 2.24) is 30.6 Å². The Morgan fingerprint density at radius 2 is 0.775 bits per heavy atom. The number of thiophene rings is 1. The molecule has 3 heterocycles. The summed E-state index contributed by atoms with van der Waals surface area (Å²) in [5, 5.41) is 26.0. The van der Waals surface area contributed by atoms with Gasteiger partial charge in [0.25, 0.3) is 11.8 Å². The highest BCUT2D eigenvalue weighted by atomic mass is 32.1. The predicted molar refractivity (Wildman–Crippen MR) is 287 cm³/mol. The highest BCUT2D eigenvalue weighted by Crippen LogP contribution is 2.23. The van der Waals surface area contributed by atoms with Crippen molar-refractivity contribution in [3.63, 3.8) is 0 Å². The minimum Gasteiger partial charge on any atom is -0.480 e. The van der Waals surface area contributed by atoms with Crippen LogP contribution in [0.25, 0.3) is 45.0 Å². The largest absolute Gasteiger partial charge is 0.480 e. The second-order valence-corrected chi connectivity index (χ2v) is 15.1. The summed E-state index contributed by atoms with van der Waals surface area (Å²) in [6.07, 6.45) is 7.48. The van der Waals surface area contributed by atoms with E-state index >= 15 is 0 Å². The summed E-state index contributed by atoms with van der Waals surface area (Å²) in [5.74, 6) is -1.78. The van der Waals surface area contributed by atoms with Crippen LogP contribution in [-0.2, 0) is 22.4 Å². The molecule has 5 aromatic carbocycles. The second-order valence-electron chi connectivity index (χ2n) is 14.2. The fourth-order valence-corrected chi connectivity index (χ4v) is 7.06. The molecule has 0 bridgehead atoms. The molecule has 2 amide bonds. The Hall–Kier alpha value is -8.16. The molecular weight excluding hydrogens is 909 g/mol. The number of hydrogen-bond acceptors (Lipinski definition) is 9. The number of carboxylic acids is 2. The van der Waals surface area contributed by atoms with Crippen LogP contribution in [0, 0.1) is 0 Å². The summed E-state index contributed by atoms with van der Waals surface area (Å²) in [7, 11) is 0. The summed E-state index contributed by atoms with van der Waals surface area (Å²) in [4.78, 5) is 66.1. The van der Waals surface area contributed by atoms with Crippen LogP contribution in [-0.4, -0.2) is 66.0 Å². The van der Waals surface area contributed by atoms with Crippen LogP contribution >= 0.6 is 11.3 Å². The molecule has 2 unspecified atom stereocenters. The van der Waals surface area contributed by atoms with Crippen molar-refractivity contribution in [3.05, 3.63) is 203 Å². The Labute approximate surface area is 422 Å². The van der Waals surface area contributed by atoms with Gasteiger partial charge >= 0.3 is 11.9 Å². The number of nitrogens with zero attached hydrogens (tertiary/aromatic N) is 4. The third-order valence-electron chi connectivity index (χ3n) is 9.81. The number of carboxylic acid groups (broad SMARTS) is 2. The summed E-state index contributed by atoms with van der Waals surface area (Å²) < 4.78 is 0. The van der Waals surface area contributed by atoms with Gasteiger partial charge in [0.1, 0.15) is 12.1 Å². The van der Waals surface area contributed by atoms with Gasteiger partial charge in [-0.1, -0.05) is 189 Å². The molecule has 0 aliphatic rings. The van der Waals surface area contributed by atoms with Gasteiger partial charge in [0.2, 0.25) is 0 Å². The maximum atomic E-state index is 12.3. The zero-order chi connectivity index (χ0) is 52.0. The average Bonchev–Trinajstić information content (AvgIpc) is 4.00. The zero-order valence-electron chi connectivity index (χ0n) is 41.6. The third-order valence-corrected chi connectivity index (χ3v) is 10.7. The molecule has 2 atom stereocenters. The number of benzene rings is 5. The number of aromatic nitrogens is 4. The summed E-state index contributed by atoms with van der Waals surface area (Å²) in [6.45, 7) is 16.0. The van der Waals surface area contributed by atoms with Crippen molar-refractivity contribution in [2.45, 2.75) is 80.3 Å². The molecule has 13 heteroatoms. The quantitative estimate of drug-likeness (QED) is 0.0817. The molecule has 8 rings (SSSR count). The molecule has 0 radical (unpaired) electrons. The smallest absolute Gasteiger partial charge is 0.326 e. The van der Waals surface area contributed by atoms with Gasteiger partial charge in [0.05, 0.1) is 4.88 Å². The average molecular weight is 973 g/mol. The fraction of sp³-hybridized carbons (Fsp3) is 0.207. The van der Waals surface area contributed by atoms with Crippen LogP contribution in [0.2, 0.25) is 0 Å². The maximum Gasteiger partial charge on any atom is 0.326 e. The minimum atomic E-state index is -1.09. The molecule has 0 saturated carbocycles. The highest BCUT2D eigenvalue weighted by molar-refractivity contribution is 7.12. The number of nitrogens with one attached hydrogen (secondary N) is 2. The van der Waals surface area contributed by atoms with Crippen LogP contribution in [0.1, 0.15) is 86.5 Å². The lowest BCUT2D eigenvalue weighted by Gasteiger charge is -2.15. The van der Waals surface area contributed by atoms with Gasteiger partial charge in [0, 0.05) is 65.4 Å². The van der Waals surface area contributed by atoms with Crippen molar-refractivity contribution >= 4 is 35.1 Å². The number of carbonyl (C=O) groups excluding carboxylic acids is 2. The van der Waals surface area contributed by atoms with E-state index < -0.39 is 29.9 Å². The first-order chi connectivity index (χ1) is 34.7. The van der Waals surface area contributed by atoms with E-state index in [-0.39, 0.29) is 18.7 Å². The lowest BCUT2D eigenvalue weighted by molar-refractivity contribution is -0.140. The molecule has 0 aliphatic heterocycles. The molecule has 4 N–H and O–H groups in total. The molecule has 8 aromatic rings. The van der Waals surface area contributed by atoms with E-state index in [4.69, 9.17) is 0 Å². The Morgan fingerprint density at radius 1 is 0.423 bits per heavy atom. The van der Waals surface area contributed by atoms with E-state index in [1.54, 1.807) is 72.6 Å². The Balaban J connectivity index is 0.000000329. The van der Waals surface area contributed by atoms with Crippen LogP contribution in [0.15, 0.2) is 182 Å². The summed E-state index contributed by atoms with van der Waals surface area (Å²) in [5.41, 5.74) is 7.63. The van der Waals surface area contributed by atoms with Crippen molar-refractivity contribution < 1.29 is 29.4 Å². The fourth-order valence-electron chi connectivity index (χ4n) is 6.43. The van der Waals surface area contributed by atoms with Crippen LogP contribution < -0.4 is 10.6 Å². The molecule has 0 spiro atoms. The zero-order valence-corrected chi connectivity index (χ0v) is 42.4. The lowest BCUT2D eigenvalue weighted by atomic mass is 10.0. The molecule has 0 fully saturated rings. The monoisotopic (exact) mass is 972 g/mol. The SMILES string of the molecule is CC.CC.CC.CC.O=C(NC(Cc1ccc(-c2ncc(-c3ccccc3)cn2)cc1)C(=O)O)c1ccccc1.O=C(NC(Cc1ccc(-c2ncc(-c3ccccc3)cn2)cc1)C(=O)O)c1cccs1. The van der Waals surface area contributed by atoms with Gasteiger partial charge in [-0.15, -0.1) is 11.3 Å².